The van der Waals surface area contributed by atoms with Gasteiger partial charge in [0.05, 0.1) is 12.3 Å². The fourth-order valence-corrected chi connectivity index (χ4v) is 3.14. The van der Waals surface area contributed by atoms with Crippen LogP contribution in [0.15, 0.2) is 54.6 Å². The van der Waals surface area contributed by atoms with Crippen molar-refractivity contribution < 1.29 is 18.0 Å². The zero-order chi connectivity index (χ0) is 18.3. The number of amides is 1. The molecule has 6 nitrogen and oxygen atoms in total. The summed E-state index contributed by atoms with van der Waals surface area (Å²) >= 11 is 0. The average Bonchev–Trinajstić information content (AvgIpc) is 2.60. The maximum Gasteiger partial charge on any atom is 0.239 e. The Bertz CT molecular complexity index is 831. The Hall–Kier alpha value is -2.51. The van der Waals surface area contributed by atoms with Crippen LogP contribution in [0, 0.1) is 0 Å². The lowest BCUT2D eigenvalue weighted by atomic mass is 10.1. The SMILES string of the molecule is CC(=O)c1ccc(NC(=O)CNS(=O)(=O)CCc2ccccc2)cc1. The fourth-order valence-electron chi connectivity index (χ4n) is 2.14. The summed E-state index contributed by atoms with van der Waals surface area (Å²) in [6.45, 7) is 1.11. The molecule has 0 aromatic heterocycles. The predicted molar refractivity (Wildman–Crippen MR) is 97.0 cm³/mol. The second-order valence-electron chi connectivity index (χ2n) is 5.56. The summed E-state index contributed by atoms with van der Waals surface area (Å²) in [5.74, 6) is -0.625. The maximum atomic E-state index is 12.0. The smallest absolute Gasteiger partial charge is 0.239 e. The van der Waals surface area contributed by atoms with Gasteiger partial charge in [0.2, 0.25) is 15.9 Å². The molecule has 1 amide bonds. The van der Waals surface area contributed by atoms with Gasteiger partial charge in [0.1, 0.15) is 0 Å². The summed E-state index contributed by atoms with van der Waals surface area (Å²) in [5, 5.41) is 2.58. The van der Waals surface area contributed by atoms with Crippen molar-refractivity contribution in [3.8, 4) is 0 Å². The number of Topliss-reactive ketones (excluding diaryl/α,β-unsaturated/α-hetero) is 1. The van der Waals surface area contributed by atoms with E-state index in [9.17, 15) is 18.0 Å². The van der Waals surface area contributed by atoms with Gasteiger partial charge in [-0.15, -0.1) is 0 Å². The zero-order valence-corrected chi connectivity index (χ0v) is 14.7. The van der Waals surface area contributed by atoms with E-state index in [2.05, 4.69) is 10.0 Å². The second kappa shape index (κ2) is 8.55. The first-order valence-electron chi connectivity index (χ1n) is 7.78. The van der Waals surface area contributed by atoms with Crippen LogP contribution in [0.1, 0.15) is 22.8 Å². The van der Waals surface area contributed by atoms with Crippen LogP contribution in [0.2, 0.25) is 0 Å². The summed E-state index contributed by atoms with van der Waals surface area (Å²) < 4.78 is 26.2. The Kier molecular flexibility index (Phi) is 6.44. The van der Waals surface area contributed by atoms with E-state index >= 15 is 0 Å². The number of benzene rings is 2. The molecule has 25 heavy (non-hydrogen) atoms. The molecule has 7 heteroatoms. The minimum atomic E-state index is -3.54. The van der Waals surface area contributed by atoms with E-state index in [1.54, 1.807) is 24.3 Å². The second-order valence-corrected chi connectivity index (χ2v) is 7.48. The van der Waals surface area contributed by atoms with E-state index in [1.165, 1.54) is 6.92 Å². The topological polar surface area (TPSA) is 92.3 Å². The lowest BCUT2D eigenvalue weighted by Gasteiger charge is -2.08. The molecular weight excluding hydrogens is 340 g/mol. The molecule has 132 valence electrons. The van der Waals surface area contributed by atoms with E-state index in [4.69, 9.17) is 0 Å². The Morgan fingerprint density at radius 1 is 0.960 bits per heavy atom. The Morgan fingerprint density at radius 2 is 1.60 bits per heavy atom. The molecule has 0 atom stereocenters. The average molecular weight is 360 g/mol. The van der Waals surface area contributed by atoms with E-state index < -0.39 is 15.9 Å². The summed E-state index contributed by atoms with van der Waals surface area (Å²) in [4.78, 5) is 23.0. The molecule has 2 rings (SSSR count). The van der Waals surface area contributed by atoms with Gasteiger partial charge in [0.25, 0.3) is 0 Å². The summed E-state index contributed by atoms with van der Waals surface area (Å²) in [6.07, 6.45) is 0.379. The van der Waals surface area contributed by atoms with Crippen LogP contribution < -0.4 is 10.0 Å². The molecule has 0 spiro atoms. The lowest BCUT2D eigenvalue weighted by Crippen LogP contribution is -2.34. The van der Waals surface area contributed by atoms with Crippen LogP contribution in [0.3, 0.4) is 0 Å². The largest absolute Gasteiger partial charge is 0.325 e. The predicted octanol–water partition coefficient (Wildman–Crippen LogP) is 1.99. The quantitative estimate of drug-likeness (QED) is 0.704. The third kappa shape index (κ3) is 6.48. The van der Waals surface area contributed by atoms with Gasteiger partial charge in [-0.3, -0.25) is 9.59 Å². The van der Waals surface area contributed by atoms with Crippen molar-refractivity contribution in [2.45, 2.75) is 13.3 Å². The number of carbonyl (C=O) groups is 2. The highest BCUT2D eigenvalue weighted by atomic mass is 32.2. The van der Waals surface area contributed by atoms with E-state index in [1.807, 2.05) is 30.3 Å². The lowest BCUT2D eigenvalue weighted by molar-refractivity contribution is -0.115. The summed E-state index contributed by atoms with van der Waals surface area (Å²) in [5.41, 5.74) is 1.96. The van der Waals surface area contributed by atoms with Crippen LogP contribution in [0.25, 0.3) is 0 Å². The number of rotatable bonds is 8. The number of nitrogens with one attached hydrogen (secondary N) is 2. The van der Waals surface area contributed by atoms with Crippen molar-refractivity contribution in [2.24, 2.45) is 0 Å². The molecule has 0 saturated carbocycles. The molecule has 2 N–H and O–H groups in total. The van der Waals surface area contributed by atoms with Crippen molar-refractivity contribution in [3.63, 3.8) is 0 Å². The number of aryl methyl sites for hydroxylation is 1. The highest BCUT2D eigenvalue weighted by molar-refractivity contribution is 7.89. The Balaban J connectivity index is 1.81. The number of ketones is 1. The summed E-state index contributed by atoms with van der Waals surface area (Å²) in [7, 11) is -3.54. The van der Waals surface area contributed by atoms with Crippen LogP contribution >= 0.6 is 0 Å². The first-order valence-corrected chi connectivity index (χ1v) is 9.43. The van der Waals surface area contributed by atoms with Crippen LogP contribution in [0.4, 0.5) is 5.69 Å². The zero-order valence-electron chi connectivity index (χ0n) is 13.9. The molecular formula is C18H20N2O4S. The van der Waals surface area contributed by atoms with E-state index in [0.29, 0.717) is 17.7 Å². The van der Waals surface area contributed by atoms with E-state index in [0.717, 1.165) is 5.56 Å². The van der Waals surface area contributed by atoms with Gasteiger partial charge in [-0.25, -0.2) is 13.1 Å². The number of hydrogen-bond acceptors (Lipinski definition) is 4. The first-order chi connectivity index (χ1) is 11.9. The minimum Gasteiger partial charge on any atom is -0.325 e. The van der Waals surface area contributed by atoms with Crippen molar-refractivity contribution in [2.75, 3.05) is 17.6 Å². The van der Waals surface area contributed by atoms with Gasteiger partial charge in [0.15, 0.2) is 5.78 Å². The molecule has 0 aliphatic rings. The van der Waals surface area contributed by atoms with E-state index in [-0.39, 0.29) is 18.1 Å². The molecule has 2 aromatic rings. The highest BCUT2D eigenvalue weighted by Crippen LogP contribution is 2.09. The molecule has 0 unspecified atom stereocenters. The molecule has 0 radical (unpaired) electrons. The summed E-state index contributed by atoms with van der Waals surface area (Å²) in [6, 6.07) is 15.7. The number of carbonyl (C=O) groups excluding carboxylic acids is 2. The Labute approximate surface area is 147 Å². The van der Waals surface area contributed by atoms with Crippen molar-refractivity contribution in [1.29, 1.82) is 0 Å². The number of sulfonamides is 1. The van der Waals surface area contributed by atoms with Gasteiger partial charge in [-0.2, -0.15) is 0 Å². The van der Waals surface area contributed by atoms with Crippen LogP contribution in [0.5, 0.6) is 0 Å². The van der Waals surface area contributed by atoms with Gasteiger partial charge < -0.3 is 5.32 Å². The van der Waals surface area contributed by atoms with Crippen LogP contribution in [-0.2, 0) is 21.2 Å². The molecule has 0 heterocycles. The first kappa shape index (κ1) is 18.8. The normalized spacial score (nSPS) is 11.1. The third-order valence-corrected chi connectivity index (χ3v) is 4.86. The maximum absolute atomic E-state index is 12.0. The third-order valence-electron chi connectivity index (χ3n) is 3.53. The van der Waals surface area contributed by atoms with Gasteiger partial charge in [0, 0.05) is 11.3 Å². The minimum absolute atomic E-state index is 0.0657. The number of anilines is 1. The van der Waals surface area contributed by atoms with Gasteiger partial charge in [-0.1, -0.05) is 30.3 Å². The van der Waals surface area contributed by atoms with Crippen molar-refractivity contribution in [1.82, 2.24) is 4.72 Å². The highest BCUT2D eigenvalue weighted by Gasteiger charge is 2.13. The fraction of sp³-hybridized carbons (Fsp3) is 0.222. The molecule has 0 aliphatic heterocycles. The number of hydrogen-bond donors (Lipinski definition) is 2. The van der Waals surface area contributed by atoms with Crippen LogP contribution in [-0.4, -0.2) is 32.4 Å². The van der Waals surface area contributed by atoms with Crippen molar-refractivity contribution >= 4 is 27.4 Å². The molecule has 2 aromatic carbocycles. The standard InChI is InChI=1S/C18H20N2O4S/c1-14(21)16-7-9-17(10-8-16)20-18(22)13-19-25(23,24)12-11-15-5-3-2-4-6-15/h2-10,19H,11-13H2,1H3,(H,20,22). The molecule has 0 fully saturated rings. The molecule has 0 bridgehead atoms. The van der Waals surface area contributed by atoms with Gasteiger partial charge in [-0.05, 0) is 43.2 Å². The molecule has 0 aliphatic carbocycles. The molecule has 0 saturated heterocycles. The Morgan fingerprint density at radius 3 is 2.20 bits per heavy atom. The van der Waals surface area contributed by atoms with Gasteiger partial charge >= 0.3 is 0 Å². The monoisotopic (exact) mass is 360 g/mol. The van der Waals surface area contributed by atoms with Crippen molar-refractivity contribution in [3.05, 3.63) is 65.7 Å².